The average molecular weight is 405 g/mol. The van der Waals surface area contributed by atoms with E-state index in [1.807, 2.05) is 30.3 Å². The number of carbonyl (C=O) groups is 1. The van der Waals surface area contributed by atoms with Gasteiger partial charge in [0.25, 0.3) is 5.91 Å². The van der Waals surface area contributed by atoms with E-state index in [4.69, 9.17) is 27.9 Å². The van der Waals surface area contributed by atoms with Crippen LogP contribution in [-0.4, -0.2) is 29.1 Å². The summed E-state index contributed by atoms with van der Waals surface area (Å²) >= 11 is 12.0. The van der Waals surface area contributed by atoms with E-state index in [-0.39, 0.29) is 21.7 Å². The standard InChI is InChI=1S/C20H18Cl2N2O3/c21-15-11-14(25)12-16(22)19(15)27-10-4-3-9-23-20(26)18-8-7-13-5-1-2-6-17(13)24-18/h1-2,5-8,11-12,25H,3-4,9-10H2,(H,23,26). The fourth-order valence-corrected chi connectivity index (χ4v) is 3.16. The molecule has 0 aliphatic carbocycles. The number of halogens is 2. The maximum Gasteiger partial charge on any atom is 0.269 e. The van der Waals surface area contributed by atoms with Gasteiger partial charge in [0.1, 0.15) is 11.4 Å². The van der Waals surface area contributed by atoms with Gasteiger partial charge >= 0.3 is 0 Å². The highest BCUT2D eigenvalue weighted by Gasteiger charge is 2.10. The number of carbonyl (C=O) groups excluding carboxylic acids is 1. The Hall–Kier alpha value is -2.50. The van der Waals surface area contributed by atoms with Crippen LogP contribution in [0, 0.1) is 0 Å². The molecule has 5 nitrogen and oxygen atoms in total. The Bertz CT molecular complexity index is 940. The SMILES string of the molecule is O=C(NCCCCOc1c(Cl)cc(O)cc1Cl)c1ccc2ccccc2n1. The molecule has 3 aromatic rings. The van der Waals surface area contributed by atoms with Gasteiger partial charge in [0.2, 0.25) is 0 Å². The quantitative estimate of drug-likeness (QED) is 0.552. The van der Waals surface area contributed by atoms with Crippen LogP contribution in [0.2, 0.25) is 10.0 Å². The van der Waals surface area contributed by atoms with E-state index in [2.05, 4.69) is 10.3 Å². The van der Waals surface area contributed by atoms with Crippen LogP contribution >= 0.6 is 23.2 Å². The Morgan fingerprint density at radius 3 is 2.59 bits per heavy atom. The number of phenolic OH excluding ortho intramolecular Hbond substituents is 1. The van der Waals surface area contributed by atoms with Crippen molar-refractivity contribution < 1.29 is 14.6 Å². The number of rotatable bonds is 7. The lowest BCUT2D eigenvalue weighted by molar-refractivity contribution is 0.0947. The van der Waals surface area contributed by atoms with Gasteiger partial charge in [-0.1, -0.05) is 47.5 Å². The van der Waals surface area contributed by atoms with Crippen molar-refractivity contribution in [2.75, 3.05) is 13.2 Å². The van der Waals surface area contributed by atoms with Crippen molar-refractivity contribution in [3.8, 4) is 11.5 Å². The van der Waals surface area contributed by atoms with Crippen molar-refractivity contribution >= 4 is 40.0 Å². The monoisotopic (exact) mass is 404 g/mol. The lowest BCUT2D eigenvalue weighted by atomic mass is 10.2. The third-order valence-electron chi connectivity index (χ3n) is 3.92. The molecule has 0 saturated carbocycles. The lowest BCUT2D eigenvalue weighted by Crippen LogP contribution is -2.25. The highest BCUT2D eigenvalue weighted by molar-refractivity contribution is 6.37. The van der Waals surface area contributed by atoms with Gasteiger partial charge in [-0.2, -0.15) is 0 Å². The van der Waals surface area contributed by atoms with Crippen LogP contribution in [0.3, 0.4) is 0 Å². The molecule has 0 radical (unpaired) electrons. The van der Waals surface area contributed by atoms with Crippen LogP contribution in [0.4, 0.5) is 0 Å². The van der Waals surface area contributed by atoms with E-state index in [1.54, 1.807) is 6.07 Å². The molecule has 0 spiro atoms. The van der Waals surface area contributed by atoms with Gasteiger partial charge in [-0.25, -0.2) is 4.98 Å². The first-order valence-electron chi connectivity index (χ1n) is 8.49. The molecular weight excluding hydrogens is 387 g/mol. The van der Waals surface area contributed by atoms with Crippen molar-refractivity contribution in [3.05, 3.63) is 64.3 Å². The molecule has 0 bridgehead atoms. The third-order valence-corrected chi connectivity index (χ3v) is 4.48. The number of fused-ring (bicyclic) bond motifs is 1. The molecule has 140 valence electrons. The summed E-state index contributed by atoms with van der Waals surface area (Å²) in [6, 6.07) is 14.0. The van der Waals surface area contributed by atoms with Gasteiger partial charge in [-0.15, -0.1) is 0 Å². The number of hydrogen-bond donors (Lipinski definition) is 2. The van der Waals surface area contributed by atoms with Gasteiger partial charge in [0.15, 0.2) is 5.75 Å². The molecule has 27 heavy (non-hydrogen) atoms. The molecule has 7 heteroatoms. The predicted molar refractivity (Wildman–Crippen MR) is 107 cm³/mol. The molecule has 0 saturated heterocycles. The molecule has 2 aromatic carbocycles. The molecule has 0 fully saturated rings. The zero-order valence-electron chi connectivity index (χ0n) is 14.4. The van der Waals surface area contributed by atoms with E-state index >= 15 is 0 Å². The Labute approximate surface area is 166 Å². The number of pyridine rings is 1. The number of phenols is 1. The van der Waals surface area contributed by atoms with Gasteiger partial charge in [-0.05, 0) is 25.0 Å². The van der Waals surface area contributed by atoms with Crippen molar-refractivity contribution in [2.24, 2.45) is 0 Å². The minimum Gasteiger partial charge on any atom is -0.508 e. The van der Waals surface area contributed by atoms with E-state index in [0.717, 1.165) is 17.3 Å². The Morgan fingerprint density at radius 2 is 1.81 bits per heavy atom. The van der Waals surface area contributed by atoms with Crippen LogP contribution in [0.15, 0.2) is 48.5 Å². The Balaban J connectivity index is 1.43. The van der Waals surface area contributed by atoms with Crippen LogP contribution in [0.5, 0.6) is 11.5 Å². The van der Waals surface area contributed by atoms with Crippen molar-refractivity contribution in [1.82, 2.24) is 10.3 Å². The summed E-state index contributed by atoms with van der Waals surface area (Å²) in [6.07, 6.45) is 1.44. The summed E-state index contributed by atoms with van der Waals surface area (Å²) in [6.45, 7) is 0.905. The highest BCUT2D eigenvalue weighted by Crippen LogP contribution is 2.36. The maximum atomic E-state index is 12.2. The zero-order valence-corrected chi connectivity index (χ0v) is 15.9. The summed E-state index contributed by atoms with van der Waals surface area (Å²) in [4.78, 5) is 16.6. The van der Waals surface area contributed by atoms with Crippen LogP contribution < -0.4 is 10.1 Å². The minimum absolute atomic E-state index is 0.0117. The molecule has 0 aliphatic heterocycles. The number of nitrogens with zero attached hydrogens (tertiary/aromatic N) is 1. The topological polar surface area (TPSA) is 71.5 Å². The number of nitrogens with one attached hydrogen (secondary N) is 1. The maximum absolute atomic E-state index is 12.2. The molecule has 2 N–H and O–H groups in total. The third kappa shape index (κ3) is 5.02. The fourth-order valence-electron chi connectivity index (χ4n) is 2.57. The smallest absolute Gasteiger partial charge is 0.269 e. The van der Waals surface area contributed by atoms with Crippen LogP contribution in [0.1, 0.15) is 23.3 Å². The summed E-state index contributed by atoms with van der Waals surface area (Å²) in [5, 5.41) is 13.8. The molecule has 3 rings (SSSR count). The van der Waals surface area contributed by atoms with Crippen LogP contribution in [0.25, 0.3) is 10.9 Å². The minimum atomic E-state index is -0.203. The molecule has 0 atom stereocenters. The number of benzene rings is 2. The largest absolute Gasteiger partial charge is 0.508 e. The number of ether oxygens (including phenoxy) is 1. The first-order valence-corrected chi connectivity index (χ1v) is 9.25. The van der Waals surface area contributed by atoms with E-state index in [0.29, 0.717) is 31.0 Å². The lowest BCUT2D eigenvalue weighted by Gasteiger charge is -2.10. The average Bonchev–Trinajstić information content (AvgIpc) is 2.65. The summed E-state index contributed by atoms with van der Waals surface area (Å²) in [5.74, 6) is 0.134. The predicted octanol–water partition coefficient (Wildman–Crippen LogP) is 4.84. The van der Waals surface area contributed by atoms with Gasteiger partial charge in [0, 0.05) is 24.1 Å². The molecule has 1 aromatic heterocycles. The summed E-state index contributed by atoms with van der Waals surface area (Å²) in [5.41, 5.74) is 1.19. The second-order valence-corrected chi connectivity index (χ2v) is 6.75. The fraction of sp³-hybridized carbons (Fsp3) is 0.200. The molecule has 1 heterocycles. The number of hydrogen-bond acceptors (Lipinski definition) is 4. The summed E-state index contributed by atoms with van der Waals surface area (Å²) in [7, 11) is 0. The first kappa shape index (κ1) is 19.3. The number of aromatic hydroxyl groups is 1. The van der Waals surface area contributed by atoms with Gasteiger partial charge in [0.05, 0.1) is 22.2 Å². The van der Waals surface area contributed by atoms with E-state index in [9.17, 15) is 9.90 Å². The second-order valence-electron chi connectivity index (χ2n) is 5.94. The molecule has 0 aliphatic rings. The molecule has 1 amide bonds. The number of aromatic nitrogens is 1. The Kier molecular flexibility index (Phi) is 6.37. The Morgan fingerprint density at radius 1 is 1.07 bits per heavy atom. The van der Waals surface area contributed by atoms with Crippen LogP contribution in [-0.2, 0) is 0 Å². The second kappa shape index (κ2) is 8.93. The van der Waals surface area contributed by atoms with E-state index in [1.165, 1.54) is 12.1 Å². The van der Waals surface area contributed by atoms with Crippen molar-refractivity contribution in [2.45, 2.75) is 12.8 Å². The number of para-hydroxylation sites is 1. The van der Waals surface area contributed by atoms with Gasteiger partial charge in [-0.3, -0.25) is 4.79 Å². The van der Waals surface area contributed by atoms with E-state index < -0.39 is 0 Å². The zero-order chi connectivity index (χ0) is 19.2. The molecular formula is C20H18Cl2N2O3. The highest BCUT2D eigenvalue weighted by atomic mass is 35.5. The normalized spacial score (nSPS) is 10.7. The number of amides is 1. The van der Waals surface area contributed by atoms with Gasteiger partial charge < -0.3 is 15.2 Å². The van der Waals surface area contributed by atoms with Crippen molar-refractivity contribution in [1.29, 1.82) is 0 Å². The first-order chi connectivity index (χ1) is 13.0. The van der Waals surface area contributed by atoms with Crippen molar-refractivity contribution in [3.63, 3.8) is 0 Å². The number of unbranched alkanes of at least 4 members (excludes halogenated alkanes) is 1. The summed E-state index contributed by atoms with van der Waals surface area (Å²) < 4.78 is 5.56. The molecule has 0 unspecified atom stereocenters.